The van der Waals surface area contributed by atoms with Gasteiger partial charge in [-0.05, 0) is 230 Å². The van der Waals surface area contributed by atoms with Crippen LogP contribution in [0, 0.1) is 45.5 Å². The Kier molecular flexibility index (Phi) is 30.1. The number of alkyl halides is 6. The molecule has 0 spiro atoms. The van der Waals surface area contributed by atoms with Gasteiger partial charge in [-0.2, -0.15) is 26.3 Å². The van der Waals surface area contributed by atoms with E-state index in [9.17, 15) is 77.9 Å². The molecule has 3 aliphatic carbocycles. The van der Waals surface area contributed by atoms with Crippen LogP contribution >= 0.6 is 0 Å². The molecule has 5 aromatic carbocycles. The van der Waals surface area contributed by atoms with Gasteiger partial charge in [0.15, 0.2) is 6.10 Å². The molecule has 19 nitrogen and oxygen atoms in total. The molecule has 4 saturated heterocycles. The van der Waals surface area contributed by atoms with Crippen LogP contribution in [-0.4, -0.2) is 175 Å². The molecule has 0 aromatic heterocycles. The molecule has 4 aliphatic heterocycles. The summed E-state index contributed by atoms with van der Waals surface area (Å²) in [5.41, 5.74) is 1.85. The van der Waals surface area contributed by atoms with Crippen LogP contribution < -0.4 is 30.7 Å². The minimum Gasteiger partial charge on any atom is -0.490 e. The number of rotatable bonds is 20. The first-order valence-corrected chi connectivity index (χ1v) is 41.7. The van der Waals surface area contributed by atoms with Gasteiger partial charge in [0.1, 0.15) is 35.5 Å². The maximum atomic E-state index is 14.5. The Morgan fingerprint density at radius 3 is 0.974 bits per heavy atom. The molecule has 5 aromatic rings. The summed E-state index contributed by atoms with van der Waals surface area (Å²) < 4.78 is 136. The third-order valence-corrected chi connectivity index (χ3v) is 24.8. The van der Waals surface area contributed by atoms with Crippen LogP contribution in [0.1, 0.15) is 259 Å². The van der Waals surface area contributed by atoms with Crippen molar-refractivity contribution in [2.75, 3.05) is 94.5 Å². The Balaban J connectivity index is 0.000000196. The Morgan fingerprint density at radius 1 is 0.368 bits per heavy atom. The summed E-state index contributed by atoms with van der Waals surface area (Å²) in [5.74, 6) is -5.50. The highest BCUT2D eigenvalue weighted by molar-refractivity contribution is 6.02. The first kappa shape index (κ1) is 90.1. The van der Waals surface area contributed by atoms with E-state index in [2.05, 4.69) is 21.3 Å². The van der Waals surface area contributed by atoms with Crippen LogP contribution in [0.25, 0.3) is 0 Å². The van der Waals surface area contributed by atoms with Crippen LogP contribution in [-0.2, 0) is 14.4 Å². The Hall–Kier alpha value is -9.21. The molecule has 12 rings (SSSR count). The fraction of sp³-hybridized carbons (Fsp3) is 0.573. The molecule has 0 radical (unpaired) electrons. The fourth-order valence-corrected chi connectivity index (χ4v) is 15.9. The number of hydrogen-bond acceptors (Lipinski definition) is 10. The van der Waals surface area contributed by atoms with E-state index in [4.69, 9.17) is 9.47 Å². The van der Waals surface area contributed by atoms with E-state index in [1.807, 2.05) is 34.6 Å². The fourth-order valence-electron chi connectivity index (χ4n) is 15.9. The number of piperidine rings is 1. The number of nitrogens with two attached hydrogens (primary N) is 1. The number of anilines is 3. The molecule has 3 saturated carbocycles. The van der Waals surface area contributed by atoms with Gasteiger partial charge in [-0.15, -0.1) is 0 Å². The molecular formula is C89H115F9N9O10+. The van der Waals surface area contributed by atoms with Crippen LogP contribution in [0.4, 0.5) is 56.6 Å². The van der Waals surface area contributed by atoms with Crippen molar-refractivity contribution in [1.82, 2.24) is 24.5 Å². The highest BCUT2D eigenvalue weighted by Crippen LogP contribution is 2.48. The molecule has 0 unspecified atom stereocenters. The third kappa shape index (κ3) is 23.8. The number of carbonyl (C=O) groups excluding carboxylic acids is 8. The third-order valence-electron chi connectivity index (χ3n) is 24.8. The average molecular weight is 1640 g/mol. The quantitative estimate of drug-likeness (QED) is 0.0539. The predicted molar refractivity (Wildman–Crippen MR) is 429 cm³/mol. The summed E-state index contributed by atoms with van der Waals surface area (Å²) in [6, 6.07) is 22.2. The second-order valence-electron chi connectivity index (χ2n) is 34.3. The average Bonchev–Trinajstić information content (AvgIpc) is 1.43. The number of quaternary nitrogens is 1. The molecular weight excluding hydrogens is 1530 g/mol. The summed E-state index contributed by atoms with van der Waals surface area (Å²) >= 11 is 0. The maximum Gasteiger partial charge on any atom is 0.391 e. The Labute approximate surface area is 680 Å². The second-order valence-corrected chi connectivity index (χ2v) is 34.3. The topological polar surface area (TPSA) is 224 Å². The maximum absolute atomic E-state index is 14.5. The summed E-state index contributed by atoms with van der Waals surface area (Å²) in [4.78, 5) is 112. The molecule has 8 amide bonds. The van der Waals surface area contributed by atoms with Crippen molar-refractivity contribution in [3.05, 3.63) is 147 Å². The van der Waals surface area contributed by atoms with Crippen LogP contribution in [0.5, 0.6) is 11.5 Å². The number of nitrogens with one attached hydrogen (secondary N) is 3. The second kappa shape index (κ2) is 39.1. The lowest BCUT2D eigenvalue weighted by molar-refractivity contribution is -0.638. The van der Waals surface area contributed by atoms with Crippen molar-refractivity contribution in [1.29, 1.82) is 0 Å². The van der Waals surface area contributed by atoms with E-state index in [0.717, 1.165) is 87.7 Å². The number of hydrogen-bond donors (Lipinski definition) is 4. The zero-order chi connectivity index (χ0) is 84.9. The molecule has 28 heteroatoms. The van der Waals surface area contributed by atoms with Gasteiger partial charge in [0.2, 0.25) is 17.7 Å². The number of halogens is 9. The molecule has 7 fully saturated rings. The molecule has 4 heterocycles. The Morgan fingerprint density at radius 2 is 0.675 bits per heavy atom. The first-order valence-electron chi connectivity index (χ1n) is 41.7. The van der Waals surface area contributed by atoms with Gasteiger partial charge in [-0.25, -0.2) is 13.2 Å². The molecule has 0 bridgehead atoms. The zero-order valence-electron chi connectivity index (χ0n) is 68.8. The normalized spacial score (nSPS) is 20.4. The molecule has 1 atom stereocenters. The van der Waals surface area contributed by atoms with E-state index in [1.165, 1.54) is 36.4 Å². The van der Waals surface area contributed by atoms with E-state index in [1.54, 1.807) is 94.7 Å². The molecule has 7 aliphatic rings. The van der Waals surface area contributed by atoms with Crippen molar-refractivity contribution >= 4 is 64.3 Å². The van der Waals surface area contributed by atoms with Crippen LogP contribution in [0.2, 0.25) is 0 Å². The summed E-state index contributed by atoms with van der Waals surface area (Å²) in [5, 5.41) is 10.3. The first-order chi connectivity index (χ1) is 55.3. The number of benzene rings is 5. The monoisotopic (exact) mass is 1640 g/mol. The van der Waals surface area contributed by atoms with Crippen LogP contribution in [0.3, 0.4) is 0 Å². The van der Waals surface area contributed by atoms with Crippen molar-refractivity contribution in [3.63, 3.8) is 0 Å². The van der Waals surface area contributed by atoms with Gasteiger partial charge in [-0.3, -0.25) is 38.4 Å². The zero-order valence-corrected chi connectivity index (χ0v) is 68.8. The highest BCUT2D eigenvalue weighted by atomic mass is 19.4. The van der Waals surface area contributed by atoms with E-state index < -0.39 is 69.7 Å². The van der Waals surface area contributed by atoms with Crippen molar-refractivity contribution in [2.24, 2.45) is 28.1 Å². The number of likely N-dealkylation sites (tertiary alicyclic amines) is 1. The van der Waals surface area contributed by atoms with E-state index in [-0.39, 0.29) is 166 Å². The lowest BCUT2D eigenvalue weighted by Gasteiger charge is -2.35. The smallest absolute Gasteiger partial charge is 0.391 e. The number of amides is 8. The lowest BCUT2D eigenvalue weighted by Crippen LogP contribution is -2.81. The van der Waals surface area contributed by atoms with E-state index in [0.29, 0.717) is 86.3 Å². The van der Waals surface area contributed by atoms with Gasteiger partial charge >= 0.3 is 12.4 Å². The largest absolute Gasteiger partial charge is 0.490 e. The van der Waals surface area contributed by atoms with Gasteiger partial charge in [0, 0.05) is 133 Å². The van der Waals surface area contributed by atoms with Crippen molar-refractivity contribution in [3.8, 4) is 11.5 Å². The van der Waals surface area contributed by atoms with Gasteiger partial charge in [0.05, 0.1) is 24.5 Å². The summed E-state index contributed by atoms with van der Waals surface area (Å²) in [6.45, 7) is 21.7. The Bertz CT molecular complexity index is 4110. The highest BCUT2D eigenvalue weighted by Gasteiger charge is 2.45. The number of ether oxygens (including phenoxy) is 2. The summed E-state index contributed by atoms with van der Waals surface area (Å²) in [7, 11) is 0. The molecule has 117 heavy (non-hydrogen) atoms. The summed E-state index contributed by atoms with van der Waals surface area (Å²) in [6.07, 6.45) is 3.25. The van der Waals surface area contributed by atoms with Gasteiger partial charge in [-0.1, -0.05) is 62.3 Å². The van der Waals surface area contributed by atoms with Crippen LogP contribution in [0.15, 0.2) is 91.0 Å². The number of nitrogens with zero attached hydrogens (tertiary/aromatic N) is 5. The van der Waals surface area contributed by atoms with Crippen molar-refractivity contribution in [2.45, 2.75) is 221 Å². The molecule has 5 N–H and O–H groups in total. The number of carbonyl (C=O) groups is 8. The predicted octanol–water partition coefficient (Wildman–Crippen LogP) is 17.1. The lowest BCUT2D eigenvalue weighted by atomic mass is 9.78. The van der Waals surface area contributed by atoms with Gasteiger partial charge in [0.25, 0.3) is 29.5 Å². The van der Waals surface area contributed by atoms with E-state index >= 15 is 0 Å². The molecule has 638 valence electrons. The minimum atomic E-state index is -4.20. The van der Waals surface area contributed by atoms with Crippen molar-refractivity contribution < 1.29 is 92.7 Å². The number of piperazine rings is 2. The van der Waals surface area contributed by atoms with Gasteiger partial charge < -0.3 is 55.2 Å². The standard InChI is InChI=1S/C36H45F4N3O4.C35H44F4N4O4.C18H25FN2O2/c1-4-35(2,3)34(46)41-28-20-25(19-27(37)22-28)33(45)43-17-15-42(16-18-43)32(44)24-11-14-31(47-29-7-5-6-8-29)30(21-24)23-9-12-26(13-10-23)36(38,39)40;1-4-34(2,3)33(46)41-27-18-24(17-26(36)20-27)32(45)43-15-13-42(14-16-43)31(44)23-7-10-30(47-28-11-12-40-21-28)29(19-23)22-5-8-25(9-6-22)35(37,38)39;1-4-18(2,3)17(23)20-15-11-13(10-14(19)12-15)16(22)21-8-6-5-7-9-21/h11,14,19-23,26,29H,4-10,12-13,15-18H2,1-3H3,(H,41,46);7,10,17-20,22,25,28,40H,4-6,8-9,11-16,21H2,1-3H3,(H,41,46);10-12H,4-9H2,1-3H3,(H,20,23)/p+1/t;22?,25?,28-;/m.0./s1. The SMILES string of the molecule is CCC(C)(C)C(=O)Nc1cc(F)cc(C(=O)N2CCCCC2)c1.CCC(C)(C)C(=O)Nc1cc(F)cc(C(=O)N2CCN(C(=O)c3ccc(OC4CCCC4)c(C4CCC(C(F)(F)F)CC4)c3)CC2)c1.CCC(C)(C)C(=O)Nc1cc(F)cc(C(=O)N2CCN(C(=O)c3ccc(O[C@H]4CC[NH2+]C4)c(C4CCC(C(F)(F)F)CC4)c3)CC2)c1. The minimum absolute atomic E-state index is 0.0149.